The number of hydrogen-bond acceptors (Lipinski definition) is 3. The van der Waals surface area contributed by atoms with Gasteiger partial charge in [-0.25, -0.2) is 0 Å². The molecule has 0 amide bonds. The van der Waals surface area contributed by atoms with Crippen LogP contribution in [0.25, 0.3) is 0 Å². The lowest BCUT2D eigenvalue weighted by Crippen LogP contribution is -2.15. The van der Waals surface area contributed by atoms with E-state index in [0.29, 0.717) is 6.07 Å². The molecule has 0 aliphatic carbocycles. The van der Waals surface area contributed by atoms with Crippen molar-refractivity contribution in [2.75, 3.05) is 5.88 Å². The average Bonchev–Trinajstić information content (AvgIpc) is 2.25. The molecular weight excluding hydrogens is 342 g/mol. The van der Waals surface area contributed by atoms with Crippen molar-refractivity contribution in [2.45, 2.75) is 6.18 Å². The van der Waals surface area contributed by atoms with Gasteiger partial charge in [-0.05, 0) is 15.9 Å². The number of nitrogens with zero attached hydrogens (tertiary/aromatic N) is 1. The lowest BCUT2D eigenvalue weighted by Gasteiger charge is -2.12. The third-order valence-electron chi connectivity index (χ3n) is 1.99. The molecule has 9 heteroatoms. The third-order valence-corrected chi connectivity index (χ3v) is 2.86. The second kappa shape index (κ2) is 5.23. The molecule has 0 radical (unpaired) electrons. The summed E-state index contributed by atoms with van der Waals surface area (Å²) < 4.78 is 37.9. The van der Waals surface area contributed by atoms with Crippen molar-refractivity contribution in [3.63, 3.8) is 0 Å². The highest BCUT2D eigenvalue weighted by atomic mass is 79.9. The summed E-state index contributed by atoms with van der Waals surface area (Å²) in [5, 5.41) is 10.5. The number of hydrogen-bond donors (Lipinski definition) is 0. The number of benzene rings is 1. The molecule has 0 aliphatic rings. The van der Waals surface area contributed by atoms with Gasteiger partial charge in [0.25, 0.3) is 5.69 Å². The van der Waals surface area contributed by atoms with Crippen LogP contribution in [0.4, 0.5) is 18.9 Å². The summed E-state index contributed by atoms with van der Waals surface area (Å²) in [5.74, 6) is -1.62. The fourth-order valence-corrected chi connectivity index (χ4v) is 2.07. The summed E-state index contributed by atoms with van der Waals surface area (Å²) in [6, 6.07) is 1.14. The molecule has 0 aliphatic heterocycles. The number of halogens is 5. The highest BCUT2D eigenvalue weighted by Crippen LogP contribution is 2.38. The first-order chi connectivity index (χ1) is 8.18. The van der Waals surface area contributed by atoms with E-state index in [1.807, 2.05) is 0 Å². The molecular formula is C9H4BrClF3NO3. The van der Waals surface area contributed by atoms with Crippen LogP contribution in [-0.4, -0.2) is 16.6 Å². The minimum Gasteiger partial charge on any atom is -0.293 e. The Morgan fingerprint density at radius 2 is 2.00 bits per heavy atom. The topological polar surface area (TPSA) is 60.2 Å². The quantitative estimate of drug-likeness (QED) is 0.362. The van der Waals surface area contributed by atoms with Gasteiger partial charge in [0.15, 0.2) is 5.78 Å². The van der Waals surface area contributed by atoms with E-state index in [9.17, 15) is 28.1 Å². The molecule has 0 aromatic heterocycles. The van der Waals surface area contributed by atoms with Gasteiger partial charge < -0.3 is 0 Å². The first kappa shape index (κ1) is 14.9. The van der Waals surface area contributed by atoms with E-state index >= 15 is 0 Å². The highest BCUT2D eigenvalue weighted by Gasteiger charge is 2.38. The van der Waals surface area contributed by atoms with Gasteiger partial charge in [-0.2, -0.15) is 13.2 Å². The zero-order chi connectivity index (χ0) is 14.1. The Bertz CT molecular complexity index is 519. The molecule has 0 atom stereocenters. The Labute approximate surface area is 112 Å². The fourth-order valence-electron chi connectivity index (χ4n) is 1.27. The van der Waals surface area contributed by atoms with Crippen LogP contribution in [0.1, 0.15) is 15.9 Å². The van der Waals surface area contributed by atoms with Crippen LogP contribution in [-0.2, 0) is 6.18 Å². The number of non-ortho nitro benzene ring substituents is 1. The number of alkyl halides is 4. The molecule has 0 spiro atoms. The van der Waals surface area contributed by atoms with Gasteiger partial charge in [-0.1, -0.05) is 0 Å². The van der Waals surface area contributed by atoms with Crippen molar-refractivity contribution in [3.05, 3.63) is 37.8 Å². The predicted molar refractivity (Wildman–Crippen MR) is 60.8 cm³/mol. The molecule has 1 aromatic rings. The van der Waals surface area contributed by atoms with Crippen molar-refractivity contribution in [1.82, 2.24) is 0 Å². The van der Waals surface area contributed by atoms with Crippen molar-refractivity contribution in [1.29, 1.82) is 0 Å². The molecule has 1 rings (SSSR count). The van der Waals surface area contributed by atoms with E-state index in [1.165, 1.54) is 0 Å². The molecule has 98 valence electrons. The first-order valence-electron chi connectivity index (χ1n) is 4.32. The number of rotatable bonds is 3. The van der Waals surface area contributed by atoms with Crippen molar-refractivity contribution in [2.24, 2.45) is 0 Å². The highest BCUT2D eigenvalue weighted by molar-refractivity contribution is 9.10. The molecule has 0 unspecified atom stereocenters. The minimum atomic E-state index is -4.88. The maximum absolute atomic E-state index is 12.7. The molecule has 0 bridgehead atoms. The standard InChI is InChI=1S/C9H4BrClF3NO3/c10-6-2-4(15(17)18)1-5(9(12,13)14)8(6)7(16)3-11/h1-2H,3H2. The maximum Gasteiger partial charge on any atom is 0.417 e. The smallest absolute Gasteiger partial charge is 0.293 e. The van der Waals surface area contributed by atoms with E-state index < -0.39 is 39.6 Å². The zero-order valence-corrected chi connectivity index (χ0v) is 10.8. The largest absolute Gasteiger partial charge is 0.417 e. The summed E-state index contributed by atoms with van der Waals surface area (Å²) in [6.07, 6.45) is -4.88. The van der Waals surface area contributed by atoms with E-state index in [-0.39, 0.29) is 4.47 Å². The summed E-state index contributed by atoms with van der Waals surface area (Å²) in [7, 11) is 0. The molecule has 18 heavy (non-hydrogen) atoms. The summed E-state index contributed by atoms with van der Waals surface area (Å²) >= 11 is 7.93. The van der Waals surface area contributed by atoms with Gasteiger partial charge in [0.05, 0.1) is 16.4 Å². The van der Waals surface area contributed by atoms with E-state index in [0.717, 1.165) is 6.07 Å². The number of nitro benzene ring substituents is 1. The molecule has 0 saturated heterocycles. The van der Waals surface area contributed by atoms with Gasteiger partial charge >= 0.3 is 6.18 Å². The second-order valence-electron chi connectivity index (χ2n) is 3.16. The van der Waals surface area contributed by atoms with Crippen LogP contribution < -0.4 is 0 Å². The van der Waals surface area contributed by atoms with Crippen LogP contribution in [0, 0.1) is 10.1 Å². The van der Waals surface area contributed by atoms with Crippen molar-refractivity contribution < 1.29 is 22.9 Å². The molecule has 0 heterocycles. The van der Waals surface area contributed by atoms with Crippen LogP contribution >= 0.6 is 27.5 Å². The monoisotopic (exact) mass is 345 g/mol. The fraction of sp³-hybridized carbons (Fsp3) is 0.222. The zero-order valence-electron chi connectivity index (χ0n) is 8.42. The summed E-state index contributed by atoms with van der Waals surface area (Å²) in [6.45, 7) is 0. The Balaban J connectivity index is 3.60. The van der Waals surface area contributed by atoms with Crippen LogP contribution in [0.3, 0.4) is 0 Å². The number of nitro groups is 1. The van der Waals surface area contributed by atoms with Gasteiger partial charge in [-0.15, -0.1) is 11.6 Å². The number of carbonyl (C=O) groups excluding carboxylic acids is 1. The normalized spacial score (nSPS) is 11.4. The lowest BCUT2D eigenvalue weighted by molar-refractivity contribution is -0.385. The SMILES string of the molecule is O=C(CCl)c1c(Br)cc([N+](=O)[O-])cc1C(F)(F)F. The minimum absolute atomic E-state index is 0.310. The third kappa shape index (κ3) is 2.99. The Hall–Kier alpha value is -1.15. The molecule has 4 nitrogen and oxygen atoms in total. The second-order valence-corrected chi connectivity index (χ2v) is 4.28. The van der Waals surface area contributed by atoms with Crippen LogP contribution in [0.2, 0.25) is 0 Å². The molecule has 1 aromatic carbocycles. The number of carbonyl (C=O) groups is 1. The van der Waals surface area contributed by atoms with Gasteiger partial charge in [0.1, 0.15) is 0 Å². The van der Waals surface area contributed by atoms with Gasteiger partial charge in [0.2, 0.25) is 0 Å². The number of Topliss-reactive ketones (excluding diaryl/α,β-unsaturated/α-hetero) is 1. The van der Waals surface area contributed by atoms with Crippen LogP contribution in [0.5, 0.6) is 0 Å². The molecule has 0 saturated carbocycles. The first-order valence-corrected chi connectivity index (χ1v) is 5.65. The summed E-state index contributed by atoms with van der Waals surface area (Å²) in [5.41, 5.74) is -2.85. The molecule has 0 fully saturated rings. The van der Waals surface area contributed by atoms with E-state index in [4.69, 9.17) is 11.6 Å². The predicted octanol–water partition coefficient (Wildman–Crippen LogP) is 3.80. The number of ketones is 1. The molecule has 0 N–H and O–H groups in total. The van der Waals surface area contributed by atoms with Crippen LogP contribution in [0.15, 0.2) is 16.6 Å². The Morgan fingerprint density at radius 1 is 1.44 bits per heavy atom. The van der Waals surface area contributed by atoms with Gasteiger partial charge in [-0.3, -0.25) is 14.9 Å². The van der Waals surface area contributed by atoms with Crippen molar-refractivity contribution in [3.8, 4) is 0 Å². The summed E-state index contributed by atoms with van der Waals surface area (Å²) in [4.78, 5) is 20.9. The lowest BCUT2D eigenvalue weighted by atomic mass is 10.0. The van der Waals surface area contributed by atoms with Gasteiger partial charge in [0, 0.05) is 22.2 Å². The van der Waals surface area contributed by atoms with E-state index in [2.05, 4.69) is 15.9 Å². The maximum atomic E-state index is 12.7. The average molecular weight is 346 g/mol. The van der Waals surface area contributed by atoms with E-state index in [1.54, 1.807) is 0 Å². The Morgan fingerprint density at radius 3 is 2.39 bits per heavy atom. The van der Waals surface area contributed by atoms with Crippen molar-refractivity contribution >= 4 is 39.0 Å². The Kier molecular flexibility index (Phi) is 4.33.